The van der Waals surface area contributed by atoms with Crippen molar-refractivity contribution < 1.29 is 0 Å². The lowest BCUT2D eigenvalue weighted by Crippen LogP contribution is -2.30. The number of nitrogens with one attached hydrogen (secondary N) is 1. The van der Waals surface area contributed by atoms with Gasteiger partial charge in [0.2, 0.25) is 0 Å². The van der Waals surface area contributed by atoms with Gasteiger partial charge < -0.3 is 5.32 Å². The molecule has 0 bridgehead atoms. The van der Waals surface area contributed by atoms with E-state index in [1.807, 2.05) is 54.8 Å². The van der Waals surface area contributed by atoms with Crippen LogP contribution in [0.2, 0.25) is 0 Å². The molecule has 28 heavy (non-hydrogen) atoms. The molecule has 0 atom stereocenters. The zero-order chi connectivity index (χ0) is 19.5. The SMILES string of the molecule is Cc1cc(C)nc(Cn2nc(C3CCNCC3)n(Cc3ccccc3)c2=O)n1. The van der Waals surface area contributed by atoms with E-state index in [4.69, 9.17) is 5.10 Å². The van der Waals surface area contributed by atoms with E-state index in [1.54, 1.807) is 0 Å². The second kappa shape index (κ2) is 8.06. The molecule has 4 rings (SSSR count). The number of nitrogens with zero attached hydrogens (tertiary/aromatic N) is 5. The van der Waals surface area contributed by atoms with E-state index in [0.29, 0.717) is 24.8 Å². The topological polar surface area (TPSA) is 77.6 Å². The third kappa shape index (κ3) is 4.04. The predicted octanol–water partition coefficient (Wildman–Crippen LogP) is 2.02. The number of hydrogen-bond acceptors (Lipinski definition) is 5. The summed E-state index contributed by atoms with van der Waals surface area (Å²) in [5.41, 5.74) is 2.80. The van der Waals surface area contributed by atoms with Crippen LogP contribution < -0.4 is 11.0 Å². The van der Waals surface area contributed by atoms with Gasteiger partial charge in [0.05, 0.1) is 6.54 Å². The Morgan fingerprint density at radius 3 is 2.39 bits per heavy atom. The van der Waals surface area contributed by atoms with Gasteiger partial charge in [-0.15, -0.1) is 0 Å². The predicted molar refractivity (Wildman–Crippen MR) is 107 cm³/mol. The molecule has 1 aliphatic rings. The van der Waals surface area contributed by atoms with Gasteiger partial charge in [-0.25, -0.2) is 19.4 Å². The summed E-state index contributed by atoms with van der Waals surface area (Å²) < 4.78 is 3.35. The summed E-state index contributed by atoms with van der Waals surface area (Å²) in [7, 11) is 0. The largest absolute Gasteiger partial charge is 0.346 e. The highest BCUT2D eigenvalue weighted by Crippen LogP contribution is 2.23. The van der Waals surface area contributed by atoms with E-state index in [0.717, 1.165) is 48.7 Å². The number of aryl methyl sites for hydroxylation is 2. The van der Waals surface area contributed by atoms with Crippen LogP contribution in [0, 0.1) is 13.8 Å². The molecule has 1 fully saturated rings. The molecule has 1 N–H and O–H groups in total. The molecule has 0 radical (unpaired) electrons. The van der Waals surface area contributed by atoms with Crippen molar-refractivity contribution in [3.63, 3.8) is 0 Å². The van der Waals surface area contributed by atoms with Crippen LogP contribution in [0.25, 0.3) is 0 Å². The maximum absolute atomic E-state index is 13.2. The van der Waals surface area contributed by atoms with Gasteiger partial charge in [-0.1, -0.05) is 30.3 Å². The molecular formula is C21H26N6O. The Labute approximate surface area is 164 Å². The number of rotatable bonds is 5. The van der Waals surface area contributed by atoms with Crippen molar-refractivity contribution in [3.8, 4) is 0 Å². The van der Waals surface area contributed by atoms with Crippen LogP contribution >= 0.6 is 0 Å². The minimum Gasteiger partial charge on any atom is -0.317 e. The number of hydrogen-bond donors (Lipinski definition) is 1. The van der Waals surface area contributed by atoms with Crippen molar-refractivity contribution >= 4 is 0 Å². The molecule has 0 unspecified atom stereocenters. The normalized spacial score (nSPS) is 15.1. The molecule has 3 aromatic rings. The first-order chi connectivity index (χ1) is 13.6. The highest BCUT2D eigenvalue weighted by molar-refractivity contribution is 5.16. The Hall–Kier alpha value is -2.80. The molecule has 1 aromatic carbocycles. The standard InChI is InChI=1S/C21H26N6O/c1-15-12-16(2)24-19(23-15)14-27-21(28)26(13-17-6-4-3-5-7-17)20(25-27)18-8-10-22-11-9-18/h3-7,12,18,22H,8-11,13-14H2,1-2H3. The van der Waals surface area contributed by atoms with Gasteiger partial charge in [0, 0.05) is 17.3 Å². The number of aromatic nitrogens is 5. The summed E-state index contributed by atoms with van der Waals surface area (Å²) >= 11 is 0. The van der Waals surface area contributed by atoms with Crippen molar-refractivity contribution in [1.82, 2.24) is 29.6 Å². The van der Waals surface area contributed by atoms with E-state index >= 15 is 0 Å². The lowest BCUT2D eigenvalue weighted by atomic mass is 9.97. The van der Waals surface area contributed by atoms with Gasteiger partial charge >= 0.3 is 5.69 Å². The second-order valence-corrected chi connectivity index (χ2v) is 7.46. The Kier molecular flexibility index (Phi) is 5.34. The van der Waals surface area contributed by atoms with Gasteiger partial charge in [0.15, 0.2) is 0 Å². The van der Waals surface area contributed by atoms with E-state index in [9.17, 15) is 4.79 Å². The Balaban J connectivity index is 1.71. The van der Waals surface area contributed by atoms with Crippen LogP contribution in [-0.4, -0.2) is 37.4 Å². The van der Waals surface area contributed by atoms with Gasteiger partial charge in [-0.3, -0.25) is 4.57 Å². The smallest absolute Gasteiger partial charge is 0.317 e. The number of piperidine rings is 1. The highest BCUT2D eigenvalue weighted by Gasteiger charge is 2.24. The Morgan fingerprint density at radius 1 is 1.04 bits per heavy atom. The minimum absolute atomic E-state index is 0.0971. The fraction of sp³-hybridized carbons (Fsp3) is 0.429. The van der Waals surface area contributed by atoms with Crippen molar-refractivity contribution in [1.29, 1.82) is 0 Å². The molecule has 0 saturated carbocycles. The van der Waals surface area contributed by atoms with Crippen molar-refractivity contribution in [2.75, 3.05) is 13.1 Å². The third-order valence-corrected chi connectivity index (χ3v) is 5.16. The zero-order valence-electron chi connectivity index (χ0n) is 16.4. The van der Waals surface area contributed by atoms with E-state index < -0.39 is 0 Å². The average molecular weight is 378 g/mol. The molecule has 0 spiro atoms. The summed E-state index contributed by atoms with van der Waals surface area (Å²) in [4.78, 5) is 22.2. The molecule has 146 valence electrons. The van der Waals surface area contributed by atoms with Crippen LogP contribution in [0.3, 0.4) is 0 Å². The summed E-state index contributed by atoms with van der Waals surface area (Å²) in [6.07, 6.45) is 1.98. The molecule has 0 amide bonds. The van der Waals surface area contributed by atoms with Crippen LogP contribution in [0.1, 0.15) is 47.4 Å². The van der Waals surface area contributed by atoms with E-state index in [2.05, 4.69) is 15.3 Å². The molecule has 0 aliphatic carbocycles. The lowest BCUT2D eigenvalue weighted by molar-refractivity contribution is 0.430. The minimum atomic E-state index is -0.0971. The van der Waals surface area contributed by atoms with Gasteiger partial charge in [0.1, 0.15) is 18.2 Å². The Bertz CT molecular complexity index is 981. The van der Waals surface area contributed by atoms with Crippen LogP contribution in [0.4, 0.5) is 0 Å². The molecule has 3 heterocycles. The first kappa shape index (κ1) is 18.6. The van der Waals surface area contributed by atoms with Gasteiger partial charge in [-0.2, -0.15) is 5.10 Å². The zero-order valence-corrected chi connectivity index (χ0v) is 16.4. The lowest BCUT2D eigenvalue weighted by Gasteiger charge is -2.22. The summed E-state index contributed by atoms with van der Waals surface area (Å²) in [5, 5.41) is 8.13. The Morgan fingerprint density at radius 2 is 1.71 bits per heavy atom. The maximum atomic E-state index is 13.2. The van der Waals surface area contributed by atoms with E-state index in [-0.39, 0.29) is 5.69 Å². The average Bonchev–Trinajstić information content (AvgIpc) is 2.98. The second-order valence-electron chi connectivity index (χ2n) is 7.46. The van der Waals surface area contributed by atoms with Crippen molar-refractivity contribution in [2.24, 2.45) is 0 Å². The first-order valence-corrected chi connectivity index (χ1v) is 9.83. The van der Waals surface area contributed by atoms with Gasteiger partial charge in [0.25, 0.3) is 0 Å². The molecule has 1 aliphatic heterocycles. The van der Waals surface area contributed by atoms with Gasteiger partial charge in [-0.05, 0) is 51.4 Å². The van der Waals surface area contributed by atoms with E-state index in [1.165, 1.54) is 4.68 Å². The third-order valence-electron chi connectivity index (χ3n) is 5.16. The summed E-state index contributed by atoms with van der Waals surface area (Å²) in [5.74, 6) is 1.79. The van der Waals surface area contributed by atoms with Crippen LogP contribution in [0.15, 0.2) is 41.2 Å². The maximum Gasteiger partial charge on any atom is 0.346 e. The summed E-state index contributed by atoms with van der Waals surface area (Å²) in [6, 6.07) is 12.0. The monoisotopic (exact) mass is 378 g/mol. The molecule has 7 nitrogen and oxygen atoms in total. The fourth-order valence-corrected chi connectivity index (χ4v) is 3.86. The van der Waals surface area contributed by atoms with Crippen LogP contribution in [-0.2, 0) is 13.1 Å². The summed E-state index contributed by atoms with van der Waals surface area (Å²) in [6.45, 7) is 6.62. The van der Waals surface area contributed by atoms with Crippen molar-refractivity contribution in [2.45, 2.75) is 45.7 Å². The quantitative estimate of drug-likeness (QED) is 0.735. The molecule has 2 aromatic heterocycles. The molecule has 1 saturated heterocycles. The first-order valence-electron chi connectivity index (χ1n) is 9.83. The van der Waals surface area contributed by atoms with Crippen molar-refractivity contribution in [3.05, 3.63) is 75.5 Å². The molecule has 7 heteroatoms. The van der Waals surface area contributed by atoms with Crippen LogP contribution in [0.5, 0.6) is 0 Å². The molecular weight excluding hydrogens is 352 g/mol. The number of benzene rings is 1. The highest BCUT2D eigenvalue weighted by atomic mass is 16.2. The fourth-order valence-electron chi connectivity index (χ4n) is 3.86.